The van der Waals surface area contributed by atoms with Crippen LogP contribution < -0.4 is 0 Å². The molecule has 4 aliphatic carbocycles. The molecule has 3 N–H and O–H groups in total. The Hall–Kier alpha value is 2.44. The Morgan fingerprint density at radius 1 is 0.338 bits per heavy atom. The molecule has 12 aliphatic rings. The maximum Gasteiger partial charge on any atom is 0.264 e. The van der Waals surface area contributed by atoms with E-state index in [2.05, 4.69) is 108 Å². The van der Waals surface area contributed by atoms with Crippen LogP contribution in [0.15, 0.2) is 0 Å². The van der Waals surface area contributed by atoms with Gasteiger partial charge in [0.15, 0.2) is 0 Å². The van der Waals surface area contributed by atoms with Crippen LogP contribution >= 0.6 is 94.1 Å². The second kappa shape index (κ2) is 21.8. The van der Waals surface area contributed by atoms with Crippen LogP contribution in [0.1, 0.15) is 117 Å². The second-order valence-electron chi connectivity index (χ2n) is 25.2. The fourth-order valence-electron chi connectivity index (χ4n) is 18.8. The SMILES string of the molecule is CC1CC2C(CCCS(=O)(=O)[O-])C3CC(C4CC5C(CCCS(=O)(=O)O)C6CC(C7CC8C(CCCS(=O)(=O)O)C9CC(C%10CC%11C(CCCS(=O)(=O)O)C%12CC(C)SC%12C%11S%10)SC9C8S7)SC6C5S4)SC3C2S1. The van der Waals surface area contributed by atoms with Gasteiger partial charge in [-0.2, -0.15) is 119 Å². The van der Waals surface area contributed by atoms with Gasteiger partial charge in [0, 0.05) is 89.8 Å². The summed E-state index contributed by atoms with van der Waals surface area (Å²) in [5.41, 5.74) is 0. The predicted octanol–water partition coefficient (Wildman–Crippen LogP) is 9.80. The first-order chi connectivity index (χ1) is 34.9. The predicted molar refractivity (Wildman–Crippen MR) is 312 cm³/mol. The summed E-state index contributed by atoms with van der Waals surface area (Å²) in [5, 5.41) is 8.81. The molecule has 422 valence electrons. The Labute approximate surface area is 476 Å². The van der Waals surface area contributed by atoms with Crippen LogP contribution in [0.3, 0.4) is 0 Å². The summed E-state index contributed by atoms with van der Waals surface area (Å²) in [5.74, 6) is 5.47. The third-order valence-electron chi connectivity index (χ3n) is 21.1. The van der Waals surface area contributed by atoms with Gasteiger partial charge in [-0.05, 0) is 174 Å². The zero-order chi connectivity index (χ0) is 52.0. The molecule has 0 aromatic heterocycles. The first kappa shape index (κ1) is 56.9. The molecule has 74 heavy (non-hydrogen) atoms. The van der Waals surface area contributed by atoms with Crippen LogP contribution in [0.5, 0.6) is 0 Å². The minimum atomic E-state index is -4.23. The Balaban J connectivity index is 0.727. The van der Waals surface area contributed by atoms with Crippen LogP contribution in [-0.2, 0) is 40.5 Å². The number of thioether (sulfide) groups is 8. The summed E-state index contributed by atoms with van der Waals surface area (Å²) < 4.78 is 136. The summed E-state index contributed by atoms with van der Waals surface area (Å²) >= 11 is 17.8. The largest absolute Gasteiger partial charge is 0.748 e. The van der Waals surface area contributed by atoms with Gasteiger partial charge in [-0.3, -0.25) is 13.7 Å². The van der Waals surface area contributed by atoms with Crippen LogP contribution in [0.2, 0.25) is 0 Å². The molecule has 8 aliphatic heterocycles. The molecule has 0 spiro atoms. The zero-order valence-corrected chi connectivity index (χ0v) is 52.0. The molecule has 8 heterocycles. The Morgan fingerprint density at radius 3 is 0.757 bits per heavy atom. The van der Waals surface area contributed by atoms with Crippen molar-refractivity contribution in [2.75, 3.05) is 23.0 Å². The highest BCUT2D eigenvalue weighted by atomic mass is 32.2. The summed E-state index contributed by atoms with van der Waals surface area (Å²) in [6.45, 7) is 4.67. The van der Waals surface area contributed by atoms with Gasteiger partial charge in [-0.15, -0.1) is 0 Å². The Kier molecular flexibility index (Phi) is 16.8. The summed E-state index contributed by atoms with van der Waals surface area (Å²) in [6, 6.07) is 0. The van der Waals surface area contributed by atoms with Crippen molar-refractivity contribution in [3.63, 3.8) is 0 Å². The van der Waals surface area contributed by atoms with E-state index in [1.54, 1.807) is 0 Å². The Morgan fingerprint density at radius 2 is 0.541 bits per heavy atom. The zero-order valence-electron chi connectivity index (χ0n) is 42.2. The van der Waals surface area contributed by atoms with Crippen LogP contribution in [-0.4, -0.2) is 159 Å². The first-order valence-electron chi connectivity index (χ1n) is 28.0. The van der Waals surface area contributed by atoms with Gasteiger partial charge in [0.1, 0.15) is 0 Å². The van der Waals surface area contributed by atoms with Crippen molar-refractivity contribution in [1.29, 1.82) is 0 Å². The lowest BCUT2D eigenvalue weighted by atomic mass is 9.78. The minimum Gasteiger partial charge on any atom is -0.748 e. The monoisotopic (exact) mass is 1250 g/mol. The molecule has 28 atom stereocenters. The van der Waals surface area contributed by atoms with E-state index in [0.717, 1.165) is 57.8 Å². The third kappa shape index (κ3) is 11.6. The minimum absolute atomic E-state index is 0.161. The van der Waals surface area contributed by atoms with Gasteiger partial charge in [0.25, 0.3) is 30.4 Å². The molecule has 28 unspecified atom stereocenters. The topological polar surface area (TPSA) is 220 Å². The number of fused-ring (bicyclic) bond motifs is 12. The summed E-state index contributed by atoms with van der Waals surface area (Å²) in [6.07, 6.45) is 14.6. The molecular formula is C50H77O12S12-. The van der Waals surface area contributed by atoms with E-state index < -0.39 is 40.5 Å². The van der Waals surface area contributed by atoms with Gasteiger partial charge in [-0.1, -0.05) is 13.8 Å². The van der Waals surface area contributed by atoms with E-state index in [1.807, 2.05) is 0 Å². The van der Waals surface area contributed by atoms with Crippen molar-refractivity contribution < 1.29 is 51.9 Å². The molecular weight excluding hydrogens is 1180 g/mol. The third-order valence-corrected chi connectivity index (χ3v) is 39.7. The molecule has 0 bridgehead atoms. The van der Waals surface area contributed by atoms with Gasteiger partial charge in [0.05, 0.1) is 27.4 Å². The van der Waals surface area contributed by atoms with E-state index in [-0.39, 0.29) is 23.0 Å². The lowest BCUT2D eigenvalue weighted by Gasteiger charge is -2.28. The molecule has 0 amide bonds. The van der Waals surface area contributed by atoms with Crippen molar-refractivity contribution in [2.45, 2.75) is 201 Å². The maximum atomic E-state index is 12.1. The lowest BCUT2D eigenvalue weighted by Crippen LogP contribution is -2.26. The van der Waals surface area contributed by atoms with Crippen LogP contribution in [0.25, 0.3) is 0 Å². The fraction of sp³-hybridized carbons (Fsp3) is 1.00. The average molecular weight is 1250 g/mol. The number of hydrogen-bond donors (Lipinski definition) is 3. The number of hydrogen-bond acceptors (Lipinski definition) is 17. The summed E-state index contributed by atoms with van der Waals surface area (Å²) in [4.78, 5) is 0. The van der Waals surface area contributed by atoms with Crippen molar-refractivity contribution in [3.05, 3.63) is 0 Å². The molecule has 4 saturated carbocycles. The van der Waals surface area contributed by atoms with Crippen molar-refractivity contribution in [2.24, 2.45) is 71.0 Å². The van der Waals surface area contributed by atoms with Gasteiger partial charge in [-0.25, -0.2) is 8.42 Å². The molecule has 0 aromatic rings. The molecule has 24 heteroatoms. The molecule has 12 nitrogen and oxygen atoms in total. The quantitative estimate of drug-likeness (QED) is 0.102. The highest BCUT2D eigenvalue weighted by Gasteiger charge is 2.66. The first-order valence-corrected chi connectivity index (χ1v) is 41.9. The molecule has 0 aromatic carbocycles. The van der Waals surface area contributed by atoms with E-state index in [4.69, 9.17) is 0 Å². The van der Waals surface area contributed by atoms with Crippen LogP contribution in [0.4, 0.5) is 0 Å². The smallest absolute Gasteiger partial charge is 0.264 e. The van der Waals surface area contributed by atoms with E-state index in [9.17, 15) is 51.9 Å². The van der Waals surface area contributed by atoms with Crippen LogP contribution in [0, 0.1) is 71.0 Å². The maximum absolute atomic E-state index is 12.1. The van der Waals surface area contributed by atoms with Crippen molar-refractivity contribution >= 4 is 135 Å². The van der Waals surface area contributed by atoms with Crippen molar-refractivity contribution in [3.8, 4) is 0 Å². The van der Waals surface area contributed by atoms with Gasteiger partial charge < -0.3 is 4.55 Å². The molecule has 12 rings (SSSR count). The molecule has 0 radical (unpaired) electrons. The van der Waals surface area contributed by atoms with E-state index in [0.29, 0.717) is 181 Å². The highest BCUT2D eigenvalue weighted by Crippen LogP contribution is 2.72. The van der Waals surface area contributed by atoms with E-state index in [1.165, 1.54) is 19.3 Å². The standard InChI is InChI=1S/C50H78O12S12/c1-23-15-29-25(7-3-11-71(51,52)53)31-17-37(65-45(31)43(29)63-23)39-19-33-27(9-5-13-73(57,58)59)35-21-41(69-49(35)47(33)67-39)42-22-36-28(10-6-14-74(60,61)62)34-20-40(68-48(34)50(36)70-42)38-18-32-26(8-4-12-72(54,55)56)30-16-24(2)64-44(30)46(32)66-38/h23-50H,3-22H2,1-2H3,(H,51,52,53)(H,54,55,56)(H,57,58,59)(H,60,61,62)/p-1. The van der Waals surface area contributed by atoms with Gasteiger partial charge >= 0.3 is 0 Å². The second-order valence-corrected chi connectivity index (χ2v) is 43.2. The normalized spacial score (nSPS) is 51.1. The van der Waals surface area contributed by atoms with Crippen molar-refractivity contribution in [1.82, 2.24) is 0 Å². The highest BCUT2D eigenvalue weighted by molar-refractivity contribution is 8.09. The van der Waals surface area contributed by atoms with E-state index >= 15 is 0 Å². The van der Waals surface area contributed by atoms with Gasteiger partial charge in [0.2, 0.25) is 0 Å². The summed E-state index contributed by atoms with van der Waals surface area (Å²) in [7, 11) is -16.3. The lowest BCUT2D eigenvalue weighted by molar-refractivity contribution is 0.257. The fourth-order valence-corrected chi connectivity index (χ4v) is 38.4. The Bertz CT molecular complexity index is 2370. The molecule has 8 saturated heterocycles. The number of rotatable bonds is 19. The average Bonchev–Trinajstić information content (AvgIpc) is 4.12. The molecule has 12 fully saturated rings.